The van der Waals surface area contributed by atoms with Gasteiger partial charge in [0.2, 0.25) is 0 Å². The molecule has 0 saturated carbocycles. The predicted octanol–water partition coefficient (Wildman–Crippen LogP) is 3.27. The molecule has 0 N–H and O–H groups in total. The van der Waals surface area contributed by atoms with Gasteiger partial charge < -0.3 is 14.2 Å². The molecular weight excluding hydrogens is 296 g/mol. The van der Waals surface area contributed by atoms with E-state index in [1.807, 2.05) is 24.3 Å². The minimum absolute atomic E-state index is 0.602. The third kappa shape index (κ3) is 4.96. The maximum Gasteiger partial charge on any atom is 0.119 e. The lowest BCUT2D eigenvalue weighted by Gasteiger charge is -2.21. The third-order valence-corrected chi connectivity index (χ3v) is 3.53. The molecule has 1 aliphatic heterocycles. The molecule has 1 saturated heterocycles. The molecule has 2 rings (SSSR count). The molecule has 0 aliphatic carbocycles. The van der Waals surface area contributed by atoms with Gasteiger partial charge in [0.1, 0.15) is 12.4 Å². The fourth-order valence-electron chi connectivity index (χ4n) is 1.91. The second-order valence-corrected chi connectivity index (χ2v) is 5.35. The molecule has 0 spiro atoms. The minimum Gasteiger partial charge on any atom is -0.491 e. The van der Waals surface area contributed by atoms with Crippen molar-refractivity contribution in [1.29, 1.82) is 0 Å². The highest BCUT2D eigenvalue weighted by molar-refractivity contribution is 9.10. The Bertz CT molecular complexity index is 333. The van der Waals surface area contributed by atoms with Crippen molar-refractivity contribution < 1.29 is 14.2 Å². The van der Waals surface area contributed by atoms with Gasteiger partial charge in [-0.05, 0) is 43.0 Å². The number of hydrogen-bond donors (Lipinski definition) is 0. The highest BCUT2D eigenvalue weighted by atomic mass is 79.9. The molecule has 3 nitrogen and oxygen atoms in total. The van der Waals surface area contributed by atoms with E-state index in [1.54, 1.807) is 0 Å². The number of hydrogen-bond acceptors (Lipinski definition) is 3. The molecule has 0 aromatic heterocycles. The fraction of sp³-hybridized carbons (Fsp3) is 0.571. The van der Waals surface area contributed by atoms with Crippen LogP contribution in [-0.4, -0.2) is 33.0 Å². The molecule has 1 heterocycles. The second kappa shape index (κ2) is 7.77. The Morgan fingerprint density at radius 1 is 1.11 bits per heavy atom. The summed E-state index contributed by atoms with van der Waals surface area (Å²) in [7, 11) is 0. The van der Waals surface area contributed by atoms with E-state index < -0.39 is 0 Å². The average molecular weight is 315 g/mol. The summed E-state index contributed by atoms with van der Waals surface area (Å²) in [5, 5.41) is 0. The van der Waals surface area contributed by atoms with Gasteiger partial charge in [-0.3, -0.25) is 0 Å². The summed E-state index contributed by atoms with van der Waals surface area (Å²) < 4.78 is 17.6. The van der Waals surface area contributed by atoms with Gasteiger partial charge in [0.05, 0.1) is 6.61 Å². The molecule has 1 aromatic rings. The molecule has 1 aliphatic rings. The van der Waals surface area contributed by atoms with Crippen LogP contribution in [0.25, 0.3) is 0 Å². The molecule has 100 valence electrons. The van der Waals surface area contributed by atoms with Crippen molar-refractivity contribution in [1.82, 2.24) is 0 Å². The summed E-state index contributed by atoms with van der Waals surface area (Å²) in [6, 6.07) is 7.83. The number of rotatable bonds is 6. The van der Waals surface area contributed by atoms with Crippen molar-refractivity contribution in [2.45, 2.75) is 12.8 Å². The predicted molar refractivity (Wildman–Crippen MR) is 74.0 cm³/mol. The average Bonchev–Trinajstić information content (AvgIpc) is 2.42. The maximum atomic E-state index is 5.63. The smallest absolute Gasteiger partial charge is 0.119 e. The number of halogens is 1. The zero-order chi connectivity index (χ0) is 12.6. The molecule has 0 unspecified atom stereocenters. The summed E-state index contributed by atoms with van der Waals surface area (Å²) in [5.41, 5.74) is 0. The van der Waals surface area contributed by atoms with Crippen molar-refractivity contribution in [2.24, 2.45) is 5.92 Å². The topological polar surface area (TPSA) is 27.7 Å². The summed E-state index contributed by atoms with van der Waals surface area (Å²) in [6.45, 7) is 3.83. The Kier molecular flexibility index (Phi) is 5.97. The lowest BCUT2D eigenvalue weighted by molar-refractivity contribution is 0.0139. The van der Waals surface area contributed by atoms with Gasteiger partial charge >= 0.3 is 0 Å². The monoisotopic (exact) mass is 314 g/mol. The van der Waals surface area contributed by atoms with E-state index in [2.05, 4.69) is 15.9 Å². The van der Waals surface area contributed by atoms with Crippen LogP contribution in [0.1, 0.15) is 12.8 Å². The molecule has 0 radical (unpaired) electrons. The van der Waals surface area contributed by atoms with Crippen LogP contribution >= 0.6 is 15.9 Å². The largest absolute Gasteiger partial charge is 0.491 e. The van der Waals surface area contributed by atoms with Crippen LogP contribution in [0.2, 0.25) is 0 Å². The summed E-state index contributed by atoms with van der Waals surface area (Å²) in [4.78, 5) is 0. The van der Waals surface area contributed by atoms with E-state index in [4.69, 9.17) is 14.2 Å². The highest BCUT2D eigenvalue weighted by Crippen LogP contribution is 2.16. The van der Waals surface area contributed by atoms with Gasteiger partial charge in [0, 0.05) is 24.3 Å². The third-order valence-electron chi connectivity index (χ3n) is 3.00. The normalized spacial score (nSPS) is 16.7. The number of ether oxygens (including phenoxy) is 3. The molecule has 4 heteroatoms. The molecule has 0 bridgehead atoms. The second-order valence-electron chi connectivity index (χ2n) is 4.43. The Morgan fingerprint density at radius 2 is 1.83 bits per heavy atom. The van der Waals surface area contributed by atoms with Gasteiger partial charge in [-0.15, -0.1) is 0 Å². The molecule has 0 amide bonds. The first kappa shape index (κ1) is 13.8. The highest BCUT2D eigenvalue weighted by Gasteiger charge is 2.13. The minimum atomic E-state index is 0.602. The van der Waals surface area contributed by atoms with Crippen molar-refractivity contribution in [3.8, 4) is 5.75 Å². The SMILES string of the molecule is Brc1ccc(OCCOCC2CCOCC2)cc1. The van der Waals surface area contributed by atoms with Gasteiger partial charge in [-0.2, -0.15) is 0 Å². The lowest BCUT2D eigenvalue weighted by atomic mass is 10.0. The van der Waals surface area contributed by atoms with Crippen molar-refractivity contribution in [3.05, 3.63) is 28.7 Å². The van der Waals surface area contributed by atoms with E-state index in [0.717, 1.165) is 42.9 Å². The lowest BCUT2D eigenvalue weighted by Crippen LogP contribution is -2.21. The van der Waals surface area contributed by atoms with E-state index in [9.17, 15) is 0 Å². The first-order valence-corrected chi connectivity index (χ1v) is 7.18. The fourth-order valence-corrected chi connectivity index (χ4v) is 2.18. The Balaban J connectivity index is 1.54. The van der Waals surface area contributed by atoms with Crippen LogP contribution < -0.4 is 4.74 Å². The molecule has 0 atom stereocenters. The van der Waals surface area contributed by atoms with Crippen LogP contribution in [0, 0.1) is 5.92 Å². The molecule has 1 aromatic carbocycles. The van der Waals surface area contributed by atoms with Gasteiger partial charge in [0.25, 0.3) is 0 Å². The van der Waals surface area contributed by atoms with Gasteiger partial charge in [-0.1, -0.05) is 15.9 Å². The summed E-state index contributed by atoms with van der Waals surface area (Å²) >= 11 is 3.39. The Morgan fingerprint density at radius 3 is 2.56 bits per heavy atom. The zero-order valence-corrected chi connectivity index (χ0v) is 12.0. The molecule has 18 heavy (non-hydrogen) atoms. The van der Waals surface area contributed by atoms with Crippen LogP contribution in [0.15, 0.2) is 28.7 Å². The standard InChI is InChI=1S/C14H19BrO3/c15-13-1-3-14(4-2-13)18-10-9-17-11-12-5-7-16-8-6-12/h1-4,12H,5-11H2. The summed E-state index contributed by atoms with van der Waals surface area (Å²) in [5.74, 6) is 1.54. The first-order chi connectivity index (χ1) is 8.84. The van der Waals surface area contributed by atoms with Gasteiger partial charge in [-0.25, -0.2) is 0 Å². The van der Waals surface area contributed by atoms with Crippen molar-refractivity contribution >= 4 is 15.9 Å². The molecule has 1 fully saturated rings. The van der Waals surface area contributed by atoms with Crippen LogP contribution in [0.4, 0.5) is 0 Å². The number of benzene rings is 1. The zero-order valence-electron chi connectivity index (χ0n) is 10.4. The van der Waals surface area contributed by atoms with Crippen LogP contribution in [-0.2, 0) is 9.47 Å². The van der Waals surface area contributed by atoms with Gasteiger partial charge in [0.15, 0.2) is 0 Å². The Labute approximate surface area is 117 Å². The van der Waals surface area contributed by atoms with E-state index in [1.165, 1.54) is 0 Å². The van der Waals surface area contributed by atoms with Crippen molar-refractivity contribution in [3.63, 3.8) is 0 Å². The van der Waals surface area contributed by atoms with Crippen molar-refractivity contribution in [2.75, 3.05) is 33.0 Å². The molecular formula is C14H19BrO3. The van der Waals surface area contributed by atoms with Crippen LogP contribution in [0.5, 0.6) is 5.75 Å². The summed E-state index contributed by atoms with van der Waals surface area (Å²) in [6.07, 6.45) is 2.24. The van der Waals surface area contributed by atoms with E-state index in [-0.39, 0.29) is 0 Å². The quantitative estimate of drug-likeness (QED) is 0.754. The Hall–Kier alpha value is -0.580. The first-order valence-electron chi connectivity index (χ1n) is 6.38. The van der Waals surface area contributed by atoms with Crippen LogP contribution in [0.3, 0.4) is 0 Å². The van der Waals surface area contributed by atoms with E-state index in [0.29, 0.717) is 19.1 Å². The maximum absolute atomic E-state index is 5.63. The van der Waals surface area contributed by atoms with E-state index >= 15 is 0 Å².